The highest BCUT2D eigenvalue weighted by Gasteiger charge is 2.40. The predicted octanol–water partition coefficient (Wildman–Crippen LogP) is 2.76. The Kier molecular flexibility index (Phi) is 5.73. The number of ether oxygens (including phenoxy) is 1. The molecular weight excluding hydrogens is 384 g/mol. The number of carbonyl (C=O) groups excluding carboxylic acids is 1. The van der Waals surface area contributed by atoms with Crippen molar-refractivity contribution in [2.75, 3.05) is 17.4 Å². The van der Waals surface area contributed by atoms with Gasteiger partial charge >= 0.3 is 0 Å². The molecule has 3 rings (SSSR count). The molecule has 0 radical (unpaired) electrons. The van der Waals surface area contributed by atoms with Gasteiger partial charge in [-0.3, -0.25) is 4.79 Å². The SMILES string of the molecule is CCC(F)(F)c1cccc(NC(O)C2C(=O)N(c3ccc(OC)nn3)N=C2C)c1. The summed E-state index contributed by atoms with van der Waals surface area (Å²) in [5.74, 6) is -4.05. The maximum absolute atomic E-state index is 13.9. The van der Waals surface area contributed by atoms with Crippen molar-refractivity contribution in [3.8, 4) is 5.88 Å². The Balaban J connectivity index is 1.76. The van der Waals surface area contributed by atoms with Crippen molar-refractivity contribution >= 4 is 23.1 Å². The number of anilines is 2. The monoisotopic (exact) mass is 405 g/mol. The molecule has 154 valence electrons. The van der Waals surface area contributed by atoms with Crippen molar-refractivity contribution < 1.29 is 23.4 Å². The Labute approximate surface area is 166 Å². The number of benzene rings is 1. The summed E-state index contributed by atoms with van der Waals surface area (Å²) in [4.78, 5) is 12.8. The average Bonchev–Trinajstić information content (AvgIpc) is 3.02. The van der Waals surface area contributed by atoms with Gasteiger partial charge in [0.25, 0.3) is 11.8 Å². The first-order valence-electron chi connectivity index (χ1n) is 8.96. The van der Waals surface area contributed by atoms with E-state index in [-0.39, 0.29) is 29.4 Å². The number of hydrogen-bond donors (Lipinski definition) is 2. The van der Waals surface area contributed by atoms with Gasteiger partial charge in [-0.15, -0.1) is 10.2 Å². The van der Waals surface area contributed by atoms with Gasteiger partial charge in [0.1, 0.15) is 12.1 Å². The Morgan fingerprint density at radius 3 is 2.69 bits per heavy atom. The molecule has 0 spiro atoms. The summed E-state index contributed by atoms with van der Waals surface area (Å²) in [7, 11) is 1.44. The van der Waals surface area contributed by atoms with Crippen LogP contribution in [0, 0.1) is 5.92 Å². The van der Waals surface area contributed by atoms with E-state index >= 15 is 0 Å². The number of aliphatic hydroxyl groups excluding tert-OH is 1. The molecule has 29 heavy (non-hydrogen) atoms. The van der Waals surface area contributed by atoms with Crippen molar-refractivity contribution in [1.29, 1.82) is 0 Å². The molecule has 0 saturated carbocycles. The Morgan fingerprint density at radius 1 is 1.31 bits per heavy atom. The maximum atomic E-state index is 13.9. The van der Waals surface area contributed by atoms with Crippen molar-refractivity contribution in [3.05, 3.63) is 42.0 Å². The third kappa shape index (κ3) is 4.16. The summed E-state index contributed by atoms with van der Waals surface area (Å²) in [6.45, 7) is 2.98. The largest absolute Gasteiger partial charge is 0.480 e. The highest BCUT2D eigenvalue weighted by molar-refractivity contribution is 6.15. The van der Waals surface area contributed by atoms with Crippen LogP contribution in [0.3, 0.4) is 0 Å². The van der Waals surface area contributed by atoms with Gasteiger partial charge in [-0.05, 0) is 25.1 Å². The molecule has 2 heterocycles. The van der Waals surface area contributed by atoms with Gasteiger partial charge < -0.3 is 15.2 Å². The Bertz CT molecular complexity index is 920. The van der Waals surface area contributed by atoms with Crippen LogP contribution in [0.5, 0.6) is 5.88 Å². The number of nitrogens with one attached hydrogen (secondary N) is 1. The first kappa shape index (κ1) is 20.6. The van der Waals surface area contributed by atoms with Crippen LogP contribution >= 0.6 is 0 Å². The number of aromatic nitrogens is 2. The first-order chi connectivity index (χ1) is 13.8. The second-order valence-corrected chi connectivity index (χ2v) is 6.53. The van der Waals surface area contributed by atoms with E-state index in [1.54, 1.807) is 6.92 Å². The second-order valence-electron chi connectivity index (χ2n) is 6.53. The van der Waals surface area contributed by atoms with Crippen molar-refractivity contribution in [1.82, 2.24) is 10.2 Å². The van der Waals surface area contributed by atoms with E-state index < -0.39 is 24.0 Å². The lowest BCUT2D eigenvalue weighted by molar-refractivity contribution is -0.121. The topological polar surface area (TPSA) is 99.9 Å². The number of methoxy groups -OCH3 is 1. The Morgan fingerprint density at radius 2 is 2.07 bits per heavy atom. The van der Waals surface area contributed by atoms with E-state index in [1.807, 2.05) is 0 Å². The van der Waals surface area contributed by atoms with Crippen LogP contribution in [-0.2, 0) is 10.7 Å². The summed E-state index contributed by atoms with van der Waals surface area (Å²) in [6, 6.07) is 8.62. The zero-order valence-corrected chi connectivity index (χ0v) is 16.1. The summed E-state index contributed by atoms with van der Waals surface area (Å²) in [6.07, 6.45) is -1.71. The molecule has 0 bridgehead atoms. The zero-order chi connectivity index (χ0) is 21.2. The molecule has 10 heteroatoms. The maximum Gasteiger partial charge on any atom is 0.273 e. The van der Waals surface area contributed by atoms with Crippen LogP contribution in [0.1, 0.15) is 25.8 Å². The van der Waals surface area contributed by atoms with E-state index in [2.05, 4.69) is 20.6 Å². The van der Waals surface area contributed by atoms with Crippen LogP contribution in [0.2, 0.25) is 0 Å². The summed E-state index contributed by atoms with van der Waals surface area (Å²) in [5.41, 5.74) is 0.449. The van der Waals surface area contributed by atoms with Gasteiger partial charge in [-0.1, -0.05) is 19.1 Å². The highest BCUT2D eigenvalue weighted by atomic mass is 19.3. The van der Waals surface area contributed by atoms with Gasteiger partial charge in [-0.25, -0.2) is 8.78 Å². The summed E-state index contributed by atoms with van der Waals surface area (Å²) < 4.78 is 32.8. The highest BCUT2D eigenvalue weighted by Crippen LogP contribution is 2.33. The van der Waals surface area contributed by atoms with Gasteiger partial charge in [0, 0.05) is 23.7 Å². The van der Waals surface area contributed by atoms with Crippen LogP contribution in [0.25, 0.3) is 0 Å². The van der Waals surface area contributed by atoms with Gasteiger partial charge in [0.2, 0.25) is 5.88 Å². The van der Waals surface area contributed by atoms with E-state index in [9.17, 15) is 18.7 Å². The van der Waals surface area contributed by atoms with E-state index in [1.165, 1.54) is 50.4 Å². The second kappa shape index (κ2) is 8.08. The van der Waals surface area contributed by atoms with Crippen LogP contribution in [0.4, 0.5) is 20.3 Å². The molecule has 2 N–H and O–H groups in total. The molecular formula is C19H21F2N5O3. The molecule has 2 aromatic rings. The number of hydrazone groups is 1. The normalized spacial score (nSPS) is 17.9. The minimum Gasteiger partial charge on any atom is -0.480 e. The van der Waals surface area contributed by atoms with Crippen molar-refractivity contribution in [2.24, 2.45) is 11.0 Å². The third-order valence-electron chi connectivity index (χ3n) is 4.59. The molecule has 2 atom stereocenters. The fraction of sp³-hybridized carbons (Fsp3) is 0.368. The summed E-state index contributed by atoms with van der Waals surface area (Å²) >= 11 is 0. The summed E-state index contributed by atoms with van der Waals surface area (Å²) in [5, 5.41) is 26.1. The van der Waals surface area contributed by atoms with Crippen molar-refractivity contribution in [3.63, 3.8) is 0 Å². The molecule has 1 aliphatic rings. The fourth-order valence-electron chi connectivity index (χ4n) is 2.94. The molecule has 0 aliphatic carbocycles. The lowest BCUT2D eigenvalue weighted by atomic mass is 10.0. The number of amides is 1. The molecule has 0 fully saturated rings. The third-order valence-corrected chi connectivity index (χ3v) is 4.59. The van der Waals surface area contributed by atoms with Gasteiger partial charge in [-0.2, -0.15) is 10.1 Å². The number of carbonyl (C=O) groups is 1. The number of hydrogen-bond acceptors (Lipinski definition) is 7. The van der Waals surface area contributed by atoms with E-state index in [4.69, 9.17) is 4.74 Å². The van der Waals surface area contributed by atoms with Crippen LogP contribution in [-0.4, -0.2) is 40.3 Å². The zero-order valence-electron chi connectivity index (χ0n) is 16.1. The Hall–Kier alpha value is -3.14. The minimum absolute atomic E-state index is 0.171. The van der Waals surface area contributed by atoms with Gasteiger partial charge in [0.05, 0.1) is 12.8 Å². The van der Waals surface area contributed by atoms with E-state index in [0.717, 1.165) is 5.01 Å². The van der Waals surface area contributed by atoms with Gasteiger partial charge in [0.15, 0.2) is 5.82 Å². The average molecular weight is 405 g/mol. The smallest absolute Gasteiger partial charge is 0.273 e. The lowest BCUT2D eigenvalue weighted by Crippen LogP contribution is -2.40. The van der Waals surface area contributed by atoms with Crippen LogP contribution in [0.15, 0.2) is 41.5 Å². The molecule has 1 aromatic carbocycles. The number of alkyl halides is 2. The number of halogens is 2. The first-order valence-corrected chi connectivity index (χ1v) is 8.96. The fourth-order valence-corrected chi connectivity index (χ4v) is 2.94. The molecule has 2 unspecified atom stereocenters. The molecule has 1 aromatic heterocycles. The number of aliphatic hydroxyl groups is 1. The quantitative estimate of drug-likeness (QED) is 0.687. The predicted molar refractivity (Wildman–Crippen MR) is 103 cm³/mol. The molecule has 0 saturated heterocycles. The minimum atomic E-state index is -2.98. The molecule has 8 nitrogen and oxygen atoms in total. The number of rotatable bonds is 7. The van der Waals surface area contributed by atoms with E-state index in [0.29, 0.717) is 5.71 Å². The standard InChI is InChI=1S/C19H21F2N5O3/c1-4-19(20,21)12-6-5-7-13(10-12)22-17(27)16-11(2)25-26(18(16)28)14-8-9-15(29-3)24-23-14/h5-10,16-17,22,27H,4H2,1-3H3. The lowest BCUT2D eigenvalue weighted by Gasteiger charge is -2.21. The molecule has 1 aliphatic heterocycles. The van der Waals surface area contributed by atoms with Crippen LogP contribution < -0.4 is 15.1 Å². The van der Waals surface area contributed by atoms with Crippen molar-refractivity contribution in [2.45, 2.75) is 32.4 Å². The number of nitrogens with zero attached hydrogens (tertiary/aromatic N) is 4. The molecule has 1 amide bonds.